The number of nitrogens with two attached hydrogens (primary N) is 1. The summed E-state index contributed by atoms with van der Waals surface area (Å²) in [5, 5.41) is 0. The van der Waals surface area contributed by atoms with Crippen LogP contribution in [0, 0.1) is 11.7 Å². The maximum absolute atomic E-state index is 12.7. The topological polar surface area (TPSA) is 26.0 Å². The molecule has 0 bridgehead atoms. The van der Waals surface area contributed by atoms with Crippen LogP contribution in [0.3, 0.4) is 0 Å². The van der Waals surface area contributed by atoms with Crippen LogP contribution in [0.2, 0.25) is 0 Å². The Bertz CT molecular complexity index is 281. The molecule has 0 amide bonds. The van der Waals surface area contributed by atoms with Gasteiger partial charge in [-0.25, -0.2) is 4.39 Å². The van der Waals surface area contributed by atoms with E-state index in [1.54, 1.807) is 0 Å². The Balaban J connectivity index is 2.50. The number of rotatable bonds is 5. The first-order valence-electron chi connectivity index (χ1n) is 5.63. The van der Waals surface area contributed by atoms with E-state index in [0.717, 1.165) is 24.8 Å². The molecule has 1 aromatic rings. The summed E-state index contributed by atoms with van der Waals surface area (Å²) in [6, 6.07) is 6.79. The van der Waals surface area contributed by atoms with Crippen LogP contribution in [0.15, 0.2) is 24.3 Å². The van der Waals surface area contributed by atoms with Crippen LogP contribution in [-0.4, -0.2) is 6.04 Å². The highest BCUT2D eigenvalue weighted by molar-refractivity contribution is 5.17. The Hall–Kier alpha value is -0.890. The zero-order chi connectivity index (χ0) is 11.3. The summed E-state index contributed by atoms with van der Waals surface area (Å²) in [6.45, 7) is 4.35. The molecule has 0 saturated carbocycles. The predicted octanol–water partition coefficient (Wildman–Crippen LogP) is 3.13. The molecule has 2 unspecified atom stereocenters. The van der Waals surface area contributed by atoms with Crippen molar-refractivity contribution in [3.05, 3.63) is 35.6 Å². The van der Waals surface area contributed by atoms with E-state index >= 15 is 0 Å². The van der Waals surface area contributed by atoms with Gasteiger partial charge in [-0.2, -0.15) is 0 Å². The van der Waals surface area contributed by atoms with Crippen molar-refractivity contribution in [1.29, 1.82) is 0 Å². The molecule has 0 aromatic heterocycles. The molecule has 1 aromatic carbocycles. The third-order valence-corrected chi connectivity index (χ3v) is 2.86. The van der Waals surface area contributed by atoms with E-state index < -0.39 is 0 Å². The van der Waals surface area contributed by atoms with Gasteiger partial charge in [0.15, 0.2) is 0 Å². The molecular formula is C13H20FN. The Kier molecular flexibility index (Phi) is 4.76. The summed E-state index contributed by atoms with van der Waals surface area (Å²) >= 11 is 0. The van der Waals surface area contributed by atoms with E-state index in [2.05, 4.69) is 13.8 Å². The summed E-state index contributed by atoms with van der Waals surface area (Å²) in [5.74, 6) is 0.342. The van der Waals surface area contributed by atoms with Crippen LogP contribution in [0.25, 0.3) is 0 Å². The second-order valence-electron chi connectivity index (χ2n) is 4.26. The highest BCUT2D eigenvalue weighted by atomic mass is 19.1. The maximum Gasteiger partial charge on any atom is 0.123 e. The Morgan fingerprint density at radius 3 is 2.40 bits per heavy atom. The molecule has 84 valence electrons. The van der Waals surface area contributed by atoms with Crippen molar-refractivity contribution in [3.8, 4) is 0 Å². The summed E-state index contributed by atoms with van der Waals surface area (Å²) in [7, 11) is 0. The molecular weight excluding hydrogens is 189 g/mol. The molecule has 0 aliphatic rings. The molecule has 0 spiro atoms. The average molecular weight is 209 g/mol. The number of hydrogen-bond acceptors (Lipinski definition) is 1. The number of hydrogen-bond donors (Lipinski definition) is 1. The van der Waals surface area contributed by atoms with E-state index in [1.165, 1.54) is 12.1 Å². The first-order valence-corrected chi connectivity index (χ1v) is 5.63. The number of halogens is 1. The zero-order valence-electron chi connectivity index (χ0n) is 9.54. The van der Waals surface area contributed by atoms with Gasteiger partial charge in [0.2, 0.25) is 0 Å². The Morgan fingerprint density at radius 2 is 1.87 bits per heavy atom. The molecule has 0 fully saturated rings. The Labute approximate surface area is 91.5 Å². The molecule has 0 saturated heterocycles. The smallest absolute Gasteiger partial charge is 0.123 e. The summed E-state index contributed by atoms with van der Waals surface area (Å²) in [4.78, 5) is 0. The largest absolute Gasteiger partial charge is 0.327 e. The summed E-state index contributed by atoms with van der Waals surface area (Å²) < 4.78 is 12.7. The lowest BCUT2D eigenvalue weighted by Crippen LogP contribution is -2.30. The normalized spacial score (nSPS) is 14.9. The minimum atomic E-state index is -0.186. The van der Waals surface area contributed by atoms with Crippen LogP contribution in [0.4, 0.5) is 4.39 Å². The van der Waals surface area contributed by atoms with E-state index in [4.69, 9.17) is 5.73 Å². The van der Waals surface area contributed by atoms with Crippen LogP contribution in [-0.2, 0) is 6.42 Å². The van der Waals surface area contributed by atoms with Crippen molar-refractivity contribution in [2.24, 2.45) is 11.7 Å². The van der Waals surface area contributed by atoms with Gasteiger partial charge in [0.25, 0.3) is 0 Å². The molecule has 2 atom stereocenters. The fourth-order valence-corrected chi connectivity index (χ4v) is 1.76. The Morgan fingerprint density at radius 1 is 1.27 bits per heavy atom. The van der Waals surface area contributed by atoms with Gasteiger partial charge in [-0.15, -0.1) is 0 Å². The first kappa shape index (κ1) is 12.2. The van der Waals surface area contributed by atoms with Gasteiger partial charge in [-0.1, -0.05) is 32.4 Å². The highest BCUT2D eigenvalue weighted by Crippen LogP contribution is 2.13. The van der Waals surface area contributed by atoms with Crippen LogP contribution < -0.4 is 5.73 Å². The highest BCUT2D eigenvalue weighted by Gasteiger charge is 2.12. The molecule has 1 nitrogen and oxygen atoms in total. The van der Waals surface area contributed by atoms with Gasteiger partial charge in [-0.05, 0) is 36.5 Å². The third-order valence-electron chi connectivity index (χ3n) is 2.86. The van der Waals surface area contributed by atoms with Crippen LogP contribution in [0.5, 0.6) is 0 Å². The van der Waals surface area contributed by atoms with Gasteiger partial charge < -0.3 is 5.73 Å². The van der Waals surface area contributed by atoms with Crippen LogP contribution >= 0.6 is 0 Å². The maximum atomic E-state index is 12.7. The predicted molar refractivity (Wildman–Crippen MR) is 62.2 cm³/mol. The van der Waals surface area contributed by atoms with Crippen LogP contribution in [0.1, 0.15) is 32.3 Å². The standard InChI is InChI=1S/C13H20FN/c1-3-4-10(2)13(15)9-11-5-7-12(14)8-6-11/h5-8,10,13H,3-4,9,15H2,1-2H3. The van der Waals surface area contributed by atoms with E-state index in [0.29, 0.717) is 5.92 Å². The van der Waals surface area contributed by atoms with Crippen molar-refractivity contribution < 1.29 is 4.39 Å². The molecule has 2 N–H and O–H groups in total. The zero-order valence-corrected chi connectivity index (χ0v) is 9.54. The first-order chi connectivity index (χ1) is 7.13. The average Bonchev–Trinajstić information content (AvgIpc) is 2.22. The molecule has 2 heteroatoms. The minimum absolute atomic E-state index is 0.176. The van der Waals surface area contributed by atoms with E-state index in [-0.39, 0.29) is 11.9 Å². The number of benzene rings is 1. The van der Waals surface area contributed by atoms with Crippen molar-refractivity contribution in [3.63, 3.8) is 0 Å². The van der Waals surface area contributed by atoms with Gasteiger partial charge in [0.1, 0.15) is 5.82 Å². The van der Waals surface area contributed by atoms with Gasteiger partial charge >= 0.3 is 0 Å². The fraction of sp³-hybridized carbons (Fsp3) is 0.538. The van der Waals surface area contributed by atoms with Crippen molar-refractivity contribution in [2.45, 2.75) is 39.2 Å². The van der Waals surface area contributed by atoms with Gasteiger partial charge in [0, 0.05) is 6.04 Å². The molecule has 0 heterocycles. The summed E-state index contributed by atoms with van der Waals surface area (Å²) in [5.41, 5.74) is 7.20. The summed E-state index contributed by atoms with van der Waals surface area (Å²) in [6.07, 6.45) is 3.15. The second-order valence-corrected chi connectivity index (χ2v) is 4.26. The van der Waals surface area contributed by atoms with E-state index in [1.807, 2.05) is 12.1 Å². The monoisotopic (exact) mass is 209 g/mol. The lowest BCUT2D eigenvalue weighted by Gasteiger charge is -2.19. The quantitative estimate of drug-likeness (QED) is 0.792. The van der Waals surface area contributed by atoms with Crippen molar-refractivity contribution >= 4 is 0 Å². The molecule has 15 heavy (non-hydrogen) atoms. The lowest BCUT2D eigenvalue weighted by atomic mass is 9.92. The molecule has 1 rings (SSSR count). The molecule has 0 aliphatic carbocycles. The van der Waals surface area contributed by atoms with Crippen molar-refractivity contribution in [1.82, 2.24) is 0 Å². The van der Waals surface area contributed by atoms with Crippen molar-refractivity contribution in [2.75, 3.05) is 0 Å². The van der Waals surface area contributed by atoms with E-state index in [9.17, 15) is 4.39 Å². The van der Waals surface area contributed by atoms with Gasteiger partial charge in [0.05, 0.1) is 0 Å². The second kappa shape index (κ2) is 5.86. The molecule has 0 radical (unpaired) electrons. The minimum Gasteiger partial charge on any atom is -0.327 e. The lowest BCUT2D eigenvalue weighted by molar-refractivity contribution is 0.419. The SMILES string of the molecule is CCCC(C)C(N)Cc1ccc(F)cc1. The third kappa shape index (κ3) is 4.00. The van der Waals surface area contributed by atoms with Gasteiger partial charge in [-0.3, -0.25) is 0 Å². The molecule has 0 aliphatic heterocycles. The fourth-order valence-electron chi connectivity index (χ4n) is 1.76.